The van der Waals surface area contributed by atoms with Gasteiger partial charge in [0.25, 0.3) is 5.91 Å². The molecular weight excluding hydrogens is 373 g/mol. The lowest BCUT2D eigenvalue weighted by Gasteiger charge is -2.09. The number of urea groups is 1. The Bertz CT molecular complexity index is 1200. The van der Waals surface area contributed by atoms with Crippen molar-refractivity contribution in [2.45, 2.75) is 0 Å². The maximum Gasteiger partial charge on any atom is 0.323 e. The van der Waals surface area contributed by atoms with E-state index in [0.29, 0.717) is 22.6 Å². The number of H-pyrrole nitrogens is 1. The second-order valence-electron chi connectivity index (χ2n) is 6.30. The van der Waals surface area contributed by atoms with Crippen molar-refractivity contribution in [3.05, 3.63) is 78.4 Å². The molecule has 2 heterocycles. The van der Waals surface area contributed by atoms with Crippen molar-refractivity contribution in [2.75, 3.05) is 10.6 Å². The largest absolute Gasteiger partial charge is 0.364 e. The molecule has 0 aliphatic rings. The third kappa shape index (κ3) is 3.77. The molecule has 3 amide bonds. The Balaban J connectivity index is 1.56. The molecule has 2 aromatic heterocycles. The topological polar surface area (TPSA) is 113 Å². The van der Waals surface area contributed by atoms with Gasteiger partial charge in [-0.05, 0) is 54.1 Å². The molecule has 0 aliphatic carbocycles. The van der Waals surface area contributed by atoms with E-state index in [4.69, 9.17) is 5.73 Å². The van der Waals surface area contributed by atoms with Gasteiger partial charge >= 0.3 is 6.03 Å². The standard InChI is InChI=1S/C21H16FN5O2/c22-13-5-9-15(10-6-13)26-21(29)25-14-7-3-12(4-8-14)17-16-2-1-11-24-20(16)27-18(17)19(23)28/h1-11H,(H2,23,28)(H,24,27)(H2,25,26,29). The van der Waals surface area contributed by atoms with Gasteiger partial charge < -0.3 is 21.4 Å². The lowest BCUT2D eigenvalue weighted by atomic mass is 10.0. The first-order valence-corrected chi connectivity index (χ1v) is 8.72. The lowest BCUT2D eigenvalue weighted by molar-refractivity contribution is 0.0997. The summed E-state index contributed by atoms with van der Waals surface area (Å²) in [4.78, 5) is 31.1. The highest BCUT2D eigenvalue weighted by molar-refractivity contribution is 6.08. The Morgan fingerprint density at radius 1 is 0.931 bits per heavy atom. The van der Waals surface area contributed by atoms with Crippen LogP contribution in [-0.2, 0) is 0 Å². The number of carbonyl (C=O) groups is 2. The normalized spacial score (nSPS) is 10.7. The van der Waals surface area contributed by atoms with E-state index in [1.54, 1.807) is 36.5 Å². The SMILES string of the molecule is NC(=O)c1[nH]c2ncccc2c1-c1ccc(NC(=O)Nc2ccc(F)cc2)cc1. The van der Waals surface area contributed by atoms with Crippen molar-refractivity contribution < 1.29 is 14.0 Å². The van der Waals surface area contributed by atoms with Crippen LogP contribution in [0.2, 0.25) is 0 Å². The van der Waals surface area contributed by atoms with E-state index in [1.807, 2.05) is 6.07 Å². The quantitative estimate of drug-likeness (QED) is 0.421. The van der Waals surface area contributed by atoms with Gasteiger partial charge in [-0.1, -0.05) is 12.1 Å². The summed E-state index contributed by atoms with van der Waals surface area (Å²) in [5, 5.41) is 6.09. The van der Waals surface area contributed by atoms with Crippen LogP contribution in [0.25, 0.3) is 22.2 Å². The number of primary amides is 1. The van der Waals surface area contributed by atoms with Crippen molar-refractivity contribution in [2.24, 2.45) is 5.73 Å². The highest BCUT2D eigenvalue weighted by atomic mass is 19.1. The number of benzene rings is 2. The highest BCUT2D eigenvalue weighted by Crippen LogP contribution is 2.32. The number of nitrogens with one attached hydrogen (secondary N) is 3. The van der Waals surface area contributed by atoms with Crippen LogP contribution in [0.5, 0.6) is 0 Å². The van der Waals surface area contributed by atoms with Gasteiger partial charge in [0.2, 0.25) is 0 Å². The van der Waals surface area contributed by atoms with Gasteiger partial charge in [0, 0.05) is 28.5 Å². The maximum absolute atomic E-state index is 12.9. The zero-order chi connectivity index (χ0) is 20.4. The molecule has 5 N–H and O–H groups in total. The fourth-order valence-electron chi connectivity index (χ4n) is 3.05. The molecule has 0 fully saturated rings. The Morgan fingerprint density at radius 3 is 2.17 bits per heavy atom. The molecule has 0 aliphatic heterocycles. The fourth-order valence-corrected chi connectivity index (χ4v) is 3.05. The number of hydrogen-bond acceptors (Lipinski definition) is 3. The molecular formula is C21H16FN5O2. The number of fused-ring (bicyclic) bond motifs is 1. The van der Waals surface area contributed by atoms with E-state index in [0.717, 1.165) is 10.9 Å². The molecule has 0 radical (unpaired) electrons. The number of amides is 3. The minimum absolute atomic E-state index is 0.272. The molecule has 4 aromatic rings. The number of halogens is 1. The predicted octanol–water partition coefficient (Wildman–Crippen LogP) is 4.11. The second kappa shape index (κ2) is 7.43. The number of rotatable bonds is 4. The lowest BCUT2D eigenvalue weighted by Crippen LogP contribution is -2.19. The average Bonchev–Trinajstić information content (AvgIpc) is 3.10. The zero-order valence-electron chi connectivity index (χ0n) is 15.1. The van der Waals surface area contributed by atoms with E-state index in [2.05, 4.69) is 20.6 Å². The summed E-state index contributed by atoms with van der Waals surface area (Å²) in [5.74, 6) is -0.965. The van der Waals surface area contributed by atoms with Crippen LogP contribution in [0.15, 0.2) is 66.9 Å². The van der Waals surface area contributed by atoms with Gasteiger partial charge in [0.05, 0.1) is 0 Å². The molecule has 144 valence electrons. The molecule has 0 unspecified atom stereocenters. The van der Waals surface area contributed by atoms with E-state index in [1.165, 1.54) is 24.3 Å². The van der Waals surface area contributed by atoms with Crippen molar-refractivity contribution in [1.82, 2.24) is 9.97 Å². The molecule has 4 rings (SSSR count). The molecule has 0 bridgehead atoms. The van der Waals surface area contributed by atoms with Crippen LogP contribution >= 0.6 is 0 Å². The van der Waals surface area contributed by atoms with Crippen LogP contribution < -0.4 is 16.4 Å². The van der Waals surface area contributed by atoms with Crippen molar-refractivity contribution >= 4 is 34.3 Å². The predicted molar refractivity (Wildman–Crippen MR) is 109 cm³/mol. The van der Waals surface area contributed by atoms with Crippen LogP contribution in [0.1, 0.15) is 10.5 Å². The van der Waals surface area contributed by atoms with E-state index < -0.39 is 11.9 Å². The fraction of sp³-hybridized carbons (Fsp3) is 0. The van der Waals surface area contributed by atoms with Gasteiger partial charge in [-0.15, -0.1) is 0 Å². The average molecular weight is 389 g/mol. The third-order valence-electron chi connectivity index (χ3n) is 4.35. The van der Waals surface area contributed by atoms with E-state index >= 15 is 0 Å². The molecule has 29 heavy (non-hydrogen) atoms. The summed E-state index contributed by atoms with van der Waals surface area (Å²) >= 11 is 0. The van der Waals surface area contributed by atoms with Gasteiger partial charge in [0.1, 0.15) is 17.2 Å². The van der Waals surface area contributed by atoms with Crippen molar-refractivity contribution in [3.8, 4) is 11.1 Å². The summed E-state index contributed by atoms with van der Waals surface area (Å²) in [7, 11) is 0. The first-order chi connectivity index (χ1) is 14.0. The van der Waals surface area contributed by atoms with Crippen LogP contribution in [0, 0.1) is 5.82 Å². The number of hydrogen-bond donors (Lipinski definition) is 4. The van der Waals surface area contributed by atoms with Gasteiger partial charge in [-0.2, -0.15) is 0 Å². The molecule has 0 saturated heterocycles. The van der Waals surface area contributed by atoms with Crippen molar-refractivity contribution in [3.63, 3.8) is 0 Å². The number of nitrogens with zero attached hydrogens (tertiary/aromatic N) is 1. The minimum atomic E-state index is -0.584. The van der Waals surface area contributed by atoms with Crippen LogP contribution in [0.3, 0.4) is 0 Å². The van der Waals surface area contributed by atoms with E-state index in [-0.39, 0.29) is 11.5 Å². The number of anilines is 2. The highest BCUT2D eigenvalue weighted by Gasteiger charge is 2.17. The molecule has 0 saturated carbocycles. The Morgan fingerprint density at radius 2 is 1.55 bits per heavy atom. The third-order valence-corrected chi connectivity index (χ3v) is 4.35. The van der Waals surface area contributed by atoms with Crippen LogP contribution in [0.4, 0.5) is 20.6 Å². The molecule has 8 heteroatoms. The number of aromatic nitrogens is 2. The summed E-state index contributed by atoms with van der Waals surface area (Å²) < 4.78 is 12.9. The monoisotopic (exact) mass is 389 g/mol. The minimum Gasteiger partial charge on any atom is -0.364 e. The molecule has 0 spiro atoms. The smallest absolute Gasteiger partial charge is 0.323 e. The molecule has 2 aromatic carbocycles. The van der Waals surface area contributed by atoms with Crippen molar-refractivity contribution in [1.29, 1.82) is 0 Å². The summed E-state index contributed by atoms with van der Waals surface area (Å²) in [5.41, 5.74) is 8.77. The van der Waals surface area contributed by atoms with Gasteiger partial charge in [-0.25, -0.2) is 14.2 Å². The molecule has 0 atom stereocenters. The Hall–Kier alpha value is -4.20. The number of nitrogens with two attached hydrogens (primary N) is 1. The maximum atomic E-state index is 12.9. The number of aromatic amines is 1. The first kappa shape index (κ1) is 18.2. The number of carbonyl (C=O) groups excluding carboxylic acids is 2. The molecule has 7 nitrogen and oxygen atoms in total. The first-order valence-electron chi connectivity index (χ1n) is 8.72. The van der Waals surface area contributed by atoms with Crippen LogP contribution in [-0.4, -0.2) is 21.9 Å². The summed E-state index contributed by atoms with van der Waals surface area (Å²) in [6.07, 6.45) is 1.63. The summed E-state index contributed by atoms with van der Waals surface area (Å²) in [6.45, 7) is 0. The number of pyridine rings is 1. The zero-order valence-corrected chi connectivity index (χ0v) is 15.1. The van der Waals surface area contributed by atoms with E-state index in [9.17, 15) is 14.0 Å². The Kier molecular flexibility index (Phi) is 4.66. The summed E-state index contributed by atoms with van der Waals surface area (Å²) in [6, 6.07) is 15.6. The van der Waals surface area contributed by atoms with Gasteiger partial charge in [-0.3, -0.25) is 4.79 Å². The Labute approximate surface area is 164 Å². The second-order valence-corrected chi connectivity index (χ2v) is 6.30. The van der Waals surface area contributed by atoms with Gasteiger partial charge in [0.15, 0.2) is 0 Å².